The van der Waals surface area contributed by atoms with E-state index in [4.69, 9.17) is 9.72 Å². The van der Waals surface area contributed by atoms with Crippen LogP contribution >= 0.6 is 0 Å². The topological polar surface area (TPSA) is 55.0 Å². The number of rotatable bonds is 2. The van der Waals surface area contributed by atoms with Gasteiger partial charge in [-0.1, -0.05) is 48.5 Å². The van der Waals surface area contributed by atoms with Crippen molar-refractivity contribution in [2.24, 2.45) is 0 Å². The molecule has 3 aromatic carbocycles. The molecule has 5 rings (SSSR count). The summed E-state index contributed by atoms with van der Waals surface area (Å²) in [6, 6.07) is 15.8. The summed E-state index contributed by atoms with van der Waals surface area (Å²) in [7, 11) is 0. The van der Waals surface area contributed by atoms with Crippen molar-refractivity contribution in [2.75, 3.05) is 0 Å². The molecular weight excluding hydrogens is 336 g/mol. The Kier molecular flexibility index (Phi) is 3.38. The summed E-state index contributed by atoms with van der Waals surface area (Å²) in [5.74, 6) is 1.77. The second-order valence-corrected chi connectivity index (χ2v) is 7.76. The number of ether oxygens (including phenoxy) is 1. The number of carbonyl (C=O) groups is 1. The van der Waals surface area contributed by atoms with E-state index in [-0.39, 0.29) is 5.60 Å². The third kappa shape index (κ3) is 2.52. The number of hydrogen-bond donors (Lipinski definition) is 1. The normalized spacial score (nSPS) is 15.5. The molecule has 0 unspecified atom stereocenters. The molecule has 0 radical (unpaired) electrons. The van der Waals surface area contributed by atoms with Crippen molar-refractivity contribution in [1.82, 2.24) is 9.97 Å². The summed E-state index contributed by atoms with van der Waals surface area (Å²) in [4.78, 5) is 19.4. The van der Waals surface area contributed by atoms with E-state index in [2.05, 4.69) is 37.0 Å². The Morgan fingerprint density at radius 2 is 1.81 bits per heavy atom. The number of aryl methyl sites for hydroxylation is 1. The van der Waals surface area contributed by atoms with Crippen molar-refractivity contribution in [3.63, 3.8) is 0 Å². The number of H-pyrrole nitrogens is 1. The van der Waals surface area contributed by atoms with Gasteiger partial charge < -0.3 is 9.72 Å². The molecule has 0 bridgehead atoms. The fourth-order valence-corrected chi connectivity index (χ4v) is 3.91. The van der Waals surface area contributed by atoms with Crippen molar-refractivity contribution < 1.29 is 9.53 Å². The molecule has 0 amide bonds. The standard InChI is InChI=1S/C23H20N2O2/c1-23(2)12-11-18-20-19(16-5-3-4-6-17(16)21(18)27-23)24-22(25-20)15-9-7-14(13-26)8-10-15/h3-10,13H,11-12H2,1-2H3,(H,24,25). The Labute approximate surface area is 157 Å². The molecule has 27 heavy (non-hydrogen) atoms. The maximum absolute atomic E-state index is 10.9. The van der Waals surface area contributed by atoms with E-state index in [1.54, 1.807) is 0 Å². The smallest absolute Gasteiger partial charge is 0.150 e. The first-order valence-corrected chi connectivity index (χ1v) is 9.24. The van der Waals surface area contributed by atoms with Gasteiger partial charge in [0.15, 0.2) is 0 Å². The number of aldehydes is 1. The van der Waals surface area contributed by atoms with Crippen molar-refractivity contribution >= 4 is 28.1 Å². The van der Waals surface area contributed by atoms with Gasteiger partial charge in [-0.2, -0.15) is 0 Å². The molecule has 1 N–H and O–H groups in total. The molecule has 4 nitrogen and oxygen atoms in total. The van der Waals surface area contributed by atoms with Crippen LogP contribution in [0.1, 0.15) is 36.2 Å². The molecule has 4 aromatic rings. The Bertz CT molecular complexity index is 1190. The molecule has 0 aliphatic carbocycles. The highest BCUT2D eigenvalue weighted by Crippen LogP contribution is 2.43. The monoisotopic (exact) mass is 356 g/mol. The van der Waals surface area contributed by atoms with Crippen LogP contribution in [-0.2, 0) is 6.42 Å². The van der Waals surface area contributed by atoms with E-state index in [9.17, 15) is 4.79 Å². The number of aromatic nitrogens is 2. The minimum atomic E-state index is -0.173. The van der Waals surface area contributed by atoms with Crippen LogP contribution in [0.25, 0.3) is 33.2 Å². The predicted octanol–water partition coefficient (Wildman–Crippen LogP) is 5.30. The lowest BCUT2D eigenvalue weighted by atomic mass is 9.91. The molecule has 134 valence electrons. The Balaban J connectivity index is 1.79. The van der Waals surface area contributed by atoms with Crippen LogP contribution < -0.4 is 4.74 Å². The summed E-state index contributed by atoms with van der Waals surface area (Å²) in [6.07, 6.45) is 2.76. The van der Waals surface area contributed by atoms with E-state index in [1.807, 2.05) is 30.3 Å². The Morgan fingerprint density at radius 1 is 1.07 bits per heavy atom. The summed E-state index contributed by atoms with van der Waals surface area (Å²) in [5, 5.41) is 2.24. The summed E-state index contributed by atoms with van der Waals surface area (Å²) < 4.78 is 6.39. The van der Waals surface area contributed by atoms with E-state index in [0.717, 1.165) is 58.1 Å². The molecule has 2 heterocycles. The summed E-state index contributed by atoms with van der Waals surface area (Å²) >= 11 is 0. The van der Waals surface area contributed by atoms with Gasteiger partial charge in [0.1, 0.15) is 23.5 Å². The van der Waals surface area contributed by atoms with Gasteiger partial charge in [-0.15, -0.1) is 0 Å². The van der Waals surface area contributed by atoms with Crippen molar-refractivity contribution in [3.05, 3.63) is 59.7 Å². The quantitative estimate of drug-likeness (QED) is 0.496. The van der Waals surface area contributed by atoms with Crippen molar-refractivity contribution in [1.29, 1.82) is 0 Å². The first-order chi connectivity index (χ1) is 13.1. The molecule has 0 fully saturated rings. The number of carbonyl (C=O) groups excluding carboxylic acids is 1. The largest absolute Gasteiger partial charge is 0.487 e. The van der Waals surface area contributed by atoms with Gasteiger partial charge in [0.05, 0.1) is 11.0 Å². The minimum absolute atomic E-state index is 0.173. The van der Waals surface area contributed by atoms with Gasteiger partial charge in [-0.25, -0.2) is 4.98 Å². The number of fused-ring (bicyclic) bond motifs is 6. The number of hydrogen-bond acceptors (Lipinski definition) is 3. The Hall–Kier alpha value is -3.14. The molecule has 0 atom stereocenters. The molecule has 0 saturated carbocycles. The lowest BCUT2D eigenvalue weighted by Crippen LogP contribution is -2.32. The lowest BCUT2D eigenvalue weighted by Gasteiger charge is -2.33. The first-order valence-electron chi connectivity index (χ1n) is 9.24. The highest BCUT2D eigenvalue weighted by Gasteiger charge is 2.30. The van der Waals surface area contributed by atoms with Crippen LogP contribution in [0.5, 0.6) is 5.75 Å². The van der Waals surface area contributed by atoms with Gasteiger partial charge in [0, 0.05) is 27.5 Å². The van der Waals surface area contributed by atoms with E-state index < -0.39 is 0 Å². The van der Waals surface area contributed by atoms with E-state index in [0.29, 0.717) is 5.56 Å². The highest BCUT2D eigenvalue weighted by atomic mass is 16.5. The van der Waals surface area contributed by atoms with Crippen molar-refractivity contribution in [3.8, 4) is 17.1 Å². The molecule has 1 aliphatic heterocycles. The molecule has 4 heteroatoms. The van der Waals surface area contributed by atoms with Crippen molar-refractivity contribution in [2.45, 2.75) is 32.3 Å². The average Bonchev–Trinajstić information content (AvgIpc) is 3.13. The fourth-order valence-electron chi connectivity index (χ4n) is 3.91. The maximum Gasteiger partial charge on any atom is 0.150 e. The zero-order valence-electron chi connectivity index (χ0n) is 15.4. The van der Waals surface area contributed by atoms with Crippen LogP contribution in [0, 0.1) is 0 Å². The number of nitrogens with zero attached hydrogens (tertiary/aromatic N) is 1. The van der Waals surface area contributed by atoms with Gasteiger partial charge in [0.25, 0.3) is 0 Å². The third-order valence-corrected chi connectivity index (χ3v) is 5.38. The fraction of sp³-hybridized carbons (Fsp3) is 0.217. The van der Waals surface area contributed by atoms with Crippen LogP contribution in [0.4, 0.5) is 0 Å². The maximum atomic E-state index is 10.9. The first kappa shape index (κ1) is 16.1. The second kappa shape index (κ2) is 5.68. The Morgan fingerprint density at radius 3 is 2.56 bits per heavy atom. The van der Waals surface area contributed by atoms with Crippen LogP contribution in [-0.4, -0.2) is 21.9 Å². The van der Waals surface area contributed by atoms with E-state index >= 15 is 0 Å². The van der Waals surface area contributed by atoms with Gasteiger partial charge in [0.2, 0.25) is 0 Å². The number of imidazole rings is 1. The highest BCUT2D eigenvalue weighted by molar-refractivity contribution is 6.10. The molecule has 0 saturated heterocycles. The molecule has 1 aliphatic rings. The predicted molar refractivity (Wildman–Crippen MR) is 107 cm³/mol. The summed E-state index contributed by atoms with van der Waals surface area (Å²) in [5.41, 5.74) is 4.65. The zero-order valence-corrected chi connectivity index (χ0v) is 15.4. The van der Waals surface area contributed by atoms with Crippen LogP contribution in [0.15, 0.2) is 48.5 Å². The second-order valence-electron chi connectivity index (χ2n) is 7.76. The van der Waals surface area contributed by atoms with Gasteiger partial charge >= 0.3 is 0 Å². The lowest BCUT2D eigenvalue weighted by molar-refractivity contribution is 0.0873. The third-order valence-electron chi connectivity index (χ3n) is 5.38. The molecular formula is C23H20N2O2. The van der Waals surface area contributed by atoms with Gasteiger partial charge in [-0.05, 0) is 26.7 Å². The van der Waals surface area contributed by atoms with Gasteiger partial charge in [-0.3, -0.25) is 4.79 Å². The number of nitrogens with one attached hydrogen (secondary N) is 1. The van der Waals surface area contributed by atoms with Crippen LogP contribution in [0.3, 0.4) is 0 Å². The number of aromatic amines is 1. The van der Waals surface area contributed by atoms with Crippen LogP contribution in [0.2, 0.25) is 0 Å². The summed E-state index contributed by atoms with van der Waals surface area (Å²) in [6.45, 7) is 4.28. The van der Waals surface area contributed by atoms with E-state index in [1.165, 1.54) is 5.56 Å². The molecule has 1 aromatic heterocycles. The SMILES string of the molecule is CC1(C)CCc2c(c3ccccc3c3[nH]c(-c4ccc(C=O)cc4)nc23)O1. The average molecular weight is 356 g/mol. The molecule has 0 spiro atoms. The number of benzene rings is 3. The minimum Gasteiger partial charge on any atom is -0.487 e. The zero-order chi connectivity index (χ0) is 18.6.